The van der Waals surface area contributed by atoms with Gasteiger partial charge in [-0.05, 0) is 47.7 Å². The molecule has 0 aliphatic carbocycles. The van der Waals surface area contributed by atoms with Crippen molar-refractivity contribution in [2.75, 3.05) is 5.01 Å². The number of hydrogen-bond acceptors (Lipinski definition) is 3. The van der Waals surface area contributed by atoms with Crippen molar-refractivity contribution < 1.29 is 31.2 Å². The molecule has 130 valence electrons. The summed E-state index contributed by atoms with van der Waals surface area (Å²) in [6.07, 6.45) is 1.26. The second-order valence-corrected chi connectivity index (χ2v) is 5.98. The fourth-order valence-electron chi connectivity index (χ4n) is 2.16. The summed E-state index contributed by atoms with van der Waals surface area (Å²) < 4.78 is 73.4. The van der Waals surface area contributed by atoms with Gasteiger partial charge in [0.1, 0.15) is 11.4 Å². The first-order chi connectivity index (χ1) is 11.7. The fraction of sp³-hybridized carbons (Fsp3) is 0.0667. The van der Waals surface area contributed by atoms with Gasteiger partial charge in [0.25, 0.3) is 5.91 Å². The van der Waals surface area contributed by atoms with E-state index >= 15 is 0 Å². The SMILES string of the molecule is CC1=NN(c2c(F)c(F)c(F)c(F)c2F)C(=O)/C1=C/c1ccc(I)o1. The number of carbonyl (C=O) groups excluding carboxylic acids is 1. The molecular weight excluding hydrogens is 462 g/mol. The summed E-state index contributed by atoms with van der Waals surface area (Å²) in [6, 6.07) is 3.15. The molecule has 0 unspecified atom stereocenters. The fourth-order valence-corrected chi connectivity index (χ4v) is 2.60. The van der Waals surface area contributed by atoms with Gasteiger partial charge in [0.15, 0.2) is 27.0 Å². The zero-order valence-corrected chi connectivity index (χ0v) is 14.4. The van der Waals surface area contributed by atoms with E-state index in [0.29, 0.717) is 3.77 Å². The lowest BCUT2D eigenvalue weighted by molar-refractivity contribution is -0.114. The maximum Gasteiger partial charge on any atom is 0.280 e. The zero-order valence-electron chi connectivity index (χ0n) is 12.2. The Balaban J connectivity index is 2.10. The van der Waals surface area contributed by atoms with Crippen LogP contribution in [-0.4, -0.2) is 11.6 Å². The Morgan fingerprint density at radius 1 is 1.04 bits per heavy atom. The van der Waals surface area contributed by atoms with Crippen LogP contribution >= 0.6 is 22.6 Å². The molecule has 10 heteroatoms. The second kappa shape index (κ2) is 6.24. The molecule has 1 aliphatic heterocycles. The third-order valence-electron chi connectivity index (χ3n) is 3.34. The number of halogens is 6. The van der Waals surface area contributed by atoms with Crippen LogP contribution < -0.4 is 5.01 Å². The van der Waals surface area contributed by atoms with E-state index in [1.54, 1.807) is 6.07 Å². The van der Waals surface area contributed by atoms with Crippen molar-refractivity contribution in [2.45, 2.75) is 6.92 Å². The third-order valence-corrected chi connectivity index (χ3v) is 3.92. The van der Waals surface area contributed by atoms with Crippen LogP contribution in [-0.2, 0) is 4.79 Å². The number of hydrogen-bond donors (Lipinski definition) is 0. The Morgan fingerprint density at radius 2 is 1.60 bits per heavy atom. The van der Waals surface area contributed by atoms with Crippen molar-refractivity contribution in [1.82, 2.24) is 0 Å². The lowest BCUT2D eigenvalue weighted by atomic mass is 10.1. The van der Waals surface area contributed by atoms with Crippen LogP contribution in [0.2, 0.25) is 0 Å². The van der Waals surface area contributed by atoms with Gasteiger partial charge >= 0.3 is 0 Å². The summed E-state index contributed by atoms with van der Waals surface area (Å²) in [6.45, 7) is 1.35. The maximum atomic E-state index is 13.9. The van der Waals surface area contributed by atoms with E-state index in [1.807, 2.05) is 22.6 Å². The summed E-state index contributed by atoms with van der Waals surface area (Å²) in [4.78, 5) is 12.4. The van der Waals surface area contributed by atoms with Crippen molar-refractivity contribution in [3.05, 3.63) is 56.3 Å². The highest BCUT2D eigenvalue weighted by Gasteiger charge is 2.37. The molecule has 0 saturated carbocycles. The monoisotopic (exact) mass is 468 g/mol. The highest BCUT2D eigenvalue weighted by Crippen LogP contribution is 2.34. The summed E-state index contributed by atoms with van der Waals surface area (Å²) >= 11 is 1.89. The topological polar surface area (TPSA) is 45.8 Å². The Bertz CT molecular complexity index is 938. The molecule has 0 radical (unpaired) electrons. The first kappa shape index (κ1) is 17.6. The molecule has 25 heavy (non-hydrogen) atoms. The Labute approximate surface area is 150 Å². The molecule has 0 N–H and O–H groups in total. The summed E-state index contributed by atoms with van der Waals surface area (Å²) in [5.74, 6) is -11.7. The zero-order chi connectivity index (χ0) is 18.5. The number of rotatable bonds is 2. The Morgan fingerprint density at radius 3 is 2.12 bits per heavy atom. The minimum absolute atomic E-state index is 0.0281. The van der Waals surface area contributed by atoms with Crippen LogP contribution in [0.15, 0.2) is 27.2 Å². The first-order valence-electron chi connectivity index (χ1n) is 6.61. The number of amides is 1. The smallest absolute Gasteiger partial charge is 0.280 e. The average Bonchev–Trinajstić information content (AvgIpc) is 3.10. The van der Waals surface area contributed by atoms with Gasteiger partial charge in [-0.15, -0.1) is 0 Å². The minimum Gasteiger partial charge on any atom is -0.451 e. The van der Waals surface area contributed by atoms with Gasteiger partial charge in [-0.3, -0.25) is 4.79 Å². The van der Waals surface area contributed by atoms with Crippen molar-refractivity contribution in [2.24, 2.45) is 5.10 Å². The number of hydrazone groups is 1. The largest absolute Gasteiger partial charge is 0.451 e. The van der Waals surface area contributed by atoms with E-state index < -0.39 is 40.7 Å². The first-order valence-corrected chi connectivity index (χ1v) is 7.68. The maximum absolute atomic E-state index is 13.9. The van der Waals surface area contributed by atoms with Gasteiger partial charge in [-0.25, -0.2) is 22.0 Å². The lowest BCUT2D eigenvalue weighted by Gasteiger charge is -2.14. The van der Waals surface area contributed by atoms with E-state index in [1.165, 1.54) is 19.1 Å². The summed E-state index contributed by atoms with van der Waals surface area (Å²) in [7, 11) is 0. The van der Waals surface area contributed by atoms with E-state index in [4.69, 9.17) is 4.42 Å². The lowest BCUT2D eigenvalue weighted by Crippen LogP contribution is -2.25. The van der Waals surface area contributed by atoms with Gasteiger partial charge in [0.05, 0.1) is 11.3 Å². The van der Waals surface area contributed by atoms with Gasteiger partial charge in [0.2, 0.25) is 5.82 Å². The summed E-state index contributed by atoms with van der Waals surface area (Å²) in [5, 5.41) is 3.75. The number of nitrogens with zero attached hydrogens (tertiary/aromatic N) is 2. The normalized spacial score (nSPS) is 16.1. The molecule has 4 nitrogen and oxygen atoms in total. The van der Waals surface area contributed by atoms with Crippen LogP contribution in [0.1, 0.15) is 12.7 Å². The average molecular weight is 468 g/mol. The molecule has 0 spiro atoms. The highest BCUT2D eigenvalue weighted by atomic mass is 127. The predicted octanol–water partition coefficient (Wildman–Crippen LogP) is 4.39. The van der Waals surface area contributed by atoms with Crippen LogP contribution in [0.25, 0.3) is 6.08 Å². The Hall–Kier alpha value is -2.24. The minimum atomic E-state index is -2.31. The molecule has 1 aromatic carbocycles. The number of carbonyl (C=O) groups is 1. The Kier molecular flexibility index (Phi) is 4.39. The molecule has 3 rings (SSSR count). The molecule has 2 aromatic rings. The van der Waals surface area contributed by atoms with Gasteiger partial charge < -0.3 is 4.42 Å². The molecular formula is C15H6F5IN2O2. The molecule has 1 aromatic heterocycles. The quantitative estimate of drug-likeness (QED) is 0.216. The van der Waals surface area contributed by atoms with E-state index in [9.17, 15) is 26.7 Å². The second-order valence-electron chi connectivity index (χ2n) is 4.92. The number of furan rings is 1. The molecule has 1 amide bonds. The predicted molar refractivity (Wildman–Crippen MR) is 86.2 cm³/mol. The van der Waals surface area contributed by atoms with Gasteiger partial charge in [-0.2, -0.15) is 10.1 Å². The number of benzene rings is 1. The van der Waals surface area contributed by atoms with Crippen LogP contribution in [0.5, 0.6) is 0 Å². The molecule has 0 bridgehead atoms. The molecule has 0 atom stereocenters. The van der Waals surface area contributed by atoms with E-state index in [0.717, 1.165) is 0 Å². The number of anilines is 1. The molecule has 0 saturated heterocycles. The standard InChI is InChI=1S/C15H6F5IN2O2/c1-5-7(4-6-2-3-8(21)25-6)15(24)23(22-5)14-12(19)10(17)9(16)11(18)13(14)20/h2-4H,1H3/b7-4+. The third kappa shape index (κ3) is 2.83. The van der Waals surface area contributed by atoms with Gasteiger partial charge in [-0.1, -0.05) is 0 Å². The van der Waals surface area contributed by atoms with Crippen LogP contribution in [0.3, 0.4) is 0 Å². The molecule has 0 fully saturated rings. The van der Waals surface area contributed by atoms with Gasteiger partial charge in [0, 0.05) is 0 Å². The van der Waals surface area contributed by atoms with E-state index in [-0.39, 0.29) is 22.1 Å². The van der Waals surface area contributed by atoms with Crippen molar-refractivity contribution >= 4 is 46.0 Å². The summed E-state index contributed by atoms with van der Waals surface area (Å²) in [5.41, 5.74) is -1.51. The van der Waals surface area contributed by atoms with Crippen molar-refractivity contribution in [1.29, 1.82) is 0 Å². The highest BCUT2D eigenvalue weighted by molar-refractivity contribution is 14.1. The van der Waals surface area contributed by atoms with Crippen molar-refractivity contribution in [3.8, 4) is 0 Å². The van der Waals surface area contributed by atoms with Crippen LogP contribution in [0, 0.1) is 32.9 Å². The molecule has 2 heterocycles. The van der Waals surface area contributed by atoms with Crippen molar-refractivity contribution in [3.63, 3.8) is 0 Å². The molecule has 1 aliphatic rings. The van der Waals surface area contributed by atoms with E-state index in [2.05, 4.69) is 5.10 Å². The van der Waals surface area contributed by atoms with Crippen LogP contribution in [0.4, 0.5) is 27.6 Å².